The largest absolute Gasteiger partial charge is 0.370 e. The maximum Gasteiger partial charge on any atom is 0.224 e. The summed E-state index contributed by atoms with van der Waals surface area (Å²) < 4.78 is 0. The Kier molecular flexibility index (Phi) is 4.81. The molecule has 0 aliphatic rings. The van der Waals surface area contributed by atoms with E-state index >= 15 is 0 Å². The number of rotatable bonds is 4. The molecule has 0 aliphatic heterocycles. The molecule has 4 heteroatoms. The molecule has 0 radical (unpaired) electrons. The van der Waals surface area contributed by atoms with Crippen molar-refractivity contribution < 1.29 is 9.59 Å². The van der Waals surface area contributed by atoms with Crippen molar-refractivity contribution in [3.8, 4) is 0 Å². The summed E-state index contributed by atoms with van der Waals surface area (Å²) in [5.74, 6) is -0.650. The van der Waals surface area contributed by atoms with Gasteiger partial charge in [0.15, 0.2) is 0 Å². The number of hydrogen-bond acceptors (Lipinski definition) is 2. The van der Waals surface area contributed by atoms with Crippen molar-refractivity contribution in [2.75, 3.05) is 0 Å². The summed E-state index contributed by atoms with van der Waals surface area (Å²) in [6, 6.07) is 0. The molecule has 0 aromatic heterocycles. The normalized spacial score (nSPS) is 9.91. The molecule has 0 fully saturated rings. The summed E-state index contributed by atoms with van der Waals surface area (Å²) in [6.07, 6.45) is 3.47. The number of hydrogen-bond donors (Lipinski definition) is 2. The number of nitrogens with one attached hydrogen (secondary N) is 1. The number of carbonyl (C=O) groups excluding carboxylic acids is 2. The summed E-state index contributed by atoms with van der Waals surface area (Å²) in [6.45, 7) is 1.79. The molecule has 0 atom stereocenters. The van der Waals surface area contributed by atoms with Crippen molar-refractivity contribution in [1.82, 2.24) is 5.32 Å². The highest BCUT2D eigenvalue weighted by Gasteiger charge is 2.00. The van der Waals surface area contributed by atoms with Gasteiger partial charge in [0, 0.05) is 12.8 Å². The molecule has 0 bridgehead atoms. The summed E-state index contributed by atoms with van der Waals surface area (Å²) in [5, 5.41) is 2.46. The van der Waals surface area contributed by atoms with Crippen LogP contribution in [0.2, 0.25) is 0 Å². The Morgan fingerprint density at radius 2 is 2.09 bits per heavy atom. The van der Waals surface area contributed by atoms with E-state index in [-0.39, 0.29) is 18.7 Å². The van der Waals surface area contributed by atoms with Gasteiger partial charge in [-0.25, -0.2) is 0 Å². The van der Waals surface area contributed by atoms with Crippen molar-refractivity contribution in [2.45, 2.75) is 19.8 Å². The second kappa shape index (κ2) is 5.46. The summed E-state index contributed by atoms with van der Waals surface area (Å²) >= 11 is 0. The standard InChI is InChI=1S/C7H12N2O2/c1-2-5-9-7(11)4-3-6(8)10/h2,5H,3-4H2,1H3,(H2,8,10)(H,9,11)/b5-2+. The van der Waals surface area contributed by atoms with E-state index in [1.807, 2.05) is 0 Å². The van der Waals surface area contributed by atoms with E-state index in [1.165, 1.54) is 6.20 Å². The second-order valence-electron chi connectivity index (χ2n) is 2.03. The minimum Gasteiger partial charge on any atom is -0.370 e. The second-order valence-corrected chi connectivity index (χ2v) is 2.03. The molecule has 0 spiro atoms. The van der Waals surface area contributed by atoms with Gasteiger partial charge in [0.1, 0.15) is 0 Å². The molecule has 0 aromatic rings. The maximum absolute atomic E-state index is 10.7. The van der Waals surface area contributed by atoms with Crippen LogP contribution in [0, 0.1) is 0 Å². The lowest BCUT2D eigenvalue weighted by molar-refractivity contribution is -0.124. The van der Waals surface area contributed by atoms with Gasteiger partial charge < -0.3 is 11.1 Å². The highest BCUT2D eigenvalue weighted by molar-refractivity contribution is 5.83. The van der Waals surface area contributed by atoms with Crippen molar-refractivity contribution in [3.05, 3.63) is 12.3 Å². The molecule has 3 N–H and O–H groups in total. The monoisotopic (exact) mass is 156 g/mol. The average Bonchev–Trinajstić information content (AvgIpc) is 1.97. The third kappa shape index (κ3) is 6.57. The van der Waals surface area contributed by atoms with Crippen LogP contribution >= 0.6 is 0 Å². The smallest absolute Gasteiger partial charge is 0.224 e. The van der Waals surface area contributed by atoms with Crippen molar-refractivity contribution in [3.63, 3.8) is 0 Å². The maximum atomic E-state index is 10.7. The first kappa shape index (κ1) is 9.68. The first-order valence-corrected chi connectivity index (χ1v) is 3.35. The highest BCUT2D eigenvalue weighted by Crippen LogP contribution is 1.86. The van der Waals surface area contributed by atoms with Gasteiger partial charge in [0.05, 0.1) is 0 Å². The van der Waals surface area contributed by atoms with Crippen molar-refractivity contribution in [2.24, 2.45) is 5.73 Å². The third-order valence-corrected chi connectivity index (χ3v) is 1.01. The quantitative estimate of drug-likeness (QED) is 0.596. The van der Waals surface area contributed by atoms with E-state index in [1.54, 1.807) is 13.0 Å². The van der Waals surface area contributed by atoms with Crippen LogP contribution in [-0.4, -0.2) is 11.8 Å². The molecule has 62 valence electrons. The molecule has 0 unspecified atom stereocenters. The van der Waals surface area contributed by atoms with Crippen LogP contribution in [0.1, 0.15) is 19.8 Å². The molecular formula is C7H12N2O2. The van der Waals surface area contributed by atoms with E-state index in [9.17, 15) is 9.59 Å². The molecule has 11 heavy (non-hydrogen) atoms. The van der Waals surface area contributed by atoms with Crippen molar-refractivity contribution in [1.29, 1.82) is 0 Å². The minimum absolute atomic E-state index is 0.101. The van der Waals surface area contributed by atoms with Crippen LogP contribution in [-0.2, 0) is 9.59 Å². The zero-order valence-electron chi connectivity index (χ0n) is 6.46. The Balaban J connectivity index is 3.45. The Morgan fingerprint density at radius 1 is 1.45 bits per heavy atom. The van der Waals surface area contributed by atoms with E-state index in [2.05, 4.69) is 5.32 Å². The molecule has 0 heterocycles. The molecule has 0 saturated carbocycles. The number of primary amides is 1. The lowest BCUT2D eigenvalue weighted by atomic mass is 10.3. The Bertz CT molecular complexity index is 175. The molecule has 0 aromatic carbocycles. The third-order valence-electron chi connectivity index (χ3n) is 1.01. The fourth-order valence-corrected chi connectivity index (χ4v) is 0.485. The van der Waals surface area contributed by atoms with Crippen molar-refractivity contribution >= 4 is 11.8 Å². The number of carbonyl (C=O) groups is 2. The average molecular weight is 156 g/mol. The van der Waals surface area contributed by atoms with E-state index in [0.29, 0.717) is 0 Å². The van der Waals surface area contributed by atoms with Gasteiger partial charge >= 0.3 is 0 Å². The minimum atomic E-state index is -0.458. The summed E-state index contributed by atoms with van der Waals surface area (Å²) in [5.41, 5.74) is 4.83. The SMILES string of the molecule is C/C=C/NC(=O)CCC(N)=O. The van der Waals surface area contributed by atoms with E-state index < -0.39 is 5.91 Å². The van der Waals surface area contributed by atoms with Crippen LogP contribution in [0.5, 0.6) is 0 Å². The Hall–Kier alpha value is -1.32. The van der Waals surface area contributed by atoms with Gasteiger partial charge in [-0.15, -0.1) is 0 Å². The van der Waals surface area contributed by atoms with Gasteiger partial charge in [-0.3, -0.25) is 9.59 Å². The van der Waals surface area contributed by atoms with Gasteiger partial charge in [0.25, 0.3) is 0 Å². The fourth-order valence-electron chi connectivity index (χ4n) is 0.485. The molecular weight excluding hydrogens is 144 g/mol. The Morgan fingerprint density at radius 3 is 2.55 bits per heavy atom. The predicted octanol–water partition coefficient (Wildman–Crippen LogP) is -0.0983. The predicted molar refractivity (Wildman–Crippen MR) is 41.4 cm³/mol. The number of nitrogens with two attached hydrogens (primary N) is 1. The van der Waals surface area contributed by atoms with Crippen LogP contribution < -0.4 is 11.1 Å². The van der Waals surface area contributed by atoms with Crippen LogP contribution in [0.15, 0.2) is 12.3 Å². The topological polar surface area (TPSA) is 72.2 Å². The van der Waals surface area contributed by atoms with E-state index in [0.717, 1.165) is 0 Å². The van der Waals surface area contributed by atoms with Gasteiger partial charge in [-0.2, -0.15) is 0 Å². The zero-order valence-corrected chi connectivity index (χ0v) is 6.46. The number of allylic oxidation sites excluding steroid dienone is 1. The van der Waals surface area contributed by atoms with Crippen LogP contribution in [0.3, 0.4) is 0 Å². The van der Waals surface area contributed by atoms with Gasteiger partial charge in [-0.05, 0) is 13.1 Å². The molecule has 2 amide bonds. The van der Waals surface area contributed by atoms with Gasteiger partial charge in [0.2, 0.25) is 11.8 Å². The molecule has 0 aliphatic carbocycles. The zero-order chi connectivity index (χ0) is 8.69. The van der Waals surface area contributed by atoms with E-state index in [4.69, 9.17) is 5.73 Å². The lowest BCUT2D eigenvalue weighted by Crippen LogP contribution is -2.20. The first-order chi connectivity index (χ1) is 5.16. The first-order valence-electron chi connectivity index (χ1n) is 3.35. The summed E-state index contributed by atoms with van der Waals surface area (Å²) in [4.78, 5) is 20.9. The Labute approximate surface area is 65.5 Å². The highest BCUT2D eigenvalue weighted by atomic mass is 16.2. The molecule has 0 saturated heterocycles. The molecule has 0 rings (SSSR count). The fraction of sp³-hybridized carbons (Fsp3) is 0.429. The summed E-state index contributed by atoms with van der Waals surface area (Å²) in [7, 11) is 0. The molecule has 4 nitrogen and oxygen atoms in total. The lowest BCUT2D eigenvalue weighted by Gasteiger charge is -1.95. The van der Waals surface area contributed by atoms with Crippen LogP contribution in [0.4, 0.5) is 0 Å². The van der Waals surface area contributed by atoms with Gasteiger partial charge in [-0.1, -0.05) is 6.08 Å². The number of amides is 2. The van der Waals surface area contributed by atoms with Crippen LogP contribution in [0.25, 0.3) is 0 Å².